The molecule has 0 aliphatic heterocycles. The van der Waals surface area contributed by atoms with Gasteiger partial charge in [0.05, 0.1) is 18.6 Å². The summed E-state index contributed by atoms with van der Waals surface area (Å²) in [6, 6.07) is 13.2. The zero-order chi connectivity index (χ0) is 25.5. The number of carbonyl (C=O) groups is 1. The number of halogens is 2. The largest absolute Gasteiger partial charge is 0.435 e. The standard InChI is InChI=1S/C26H26F2N4O4/c27-25(28)36-22-11-3-16(4-12-22)18-13-29-26(30-14-18)32-20-5-1-17(2-6-20)23(15-33)24(35)31-19-7-9-21(34)10-8-19/h1-6,11-14,21,23,25,33-34H,7-10,15H2,(H,29,30,32)/t21?,23-/m1/s1. The summed E-state index contributed by atoms with van der Waals surface area (Å²) in [6.45, 7) is -3.23. The number of hydrogen-bond donors (Lipinski definition) is 3. The van der Waals surface area contributed by atoms with Crippen LogP contribution in [0.25, 0.3) is 11.1 Å². The number of ether oxygens (including phenoxy) is 1. The molecule has 2 aromatic carbocycles. The minimum atomic E-state index is -2.87. The molecule has 1 aromatic heterocycles. The Morgan fingerprint density at radius 2 is 1.67 bits per heavy atom. The summed E-state index contributed by atoms with van der Waals surface area (Å²) in [4.78, 5) is 25.4. The van der Waals surface area contributed by atoms with Crippen molar-refractivity contribution in [3.63, 3.8) is 0 Å². The van der Waals surface area contributed by atoms with Crippen molar-refractivity contribution in [1.29, 1.82) is 0 Å². The second-order valence-electron chi connectivity index (χ2n) is 8.43. The number of amides is 1. The molecule has 1 saturated carbocycles. The number of alkyl halides is 2. The van der Waals surface area contributed by atoms with Gasteiger partial charge in [-0.15, -0.1) is 0 Å². The quantitative estimate of drug-likeness (QED) is 0.421. The number of aliphatic hydroxyl groups is 2. The molecule has 0 radical (unpaired) electrons. The number of anilines is 2. The number of aliphatic hydroxyl groups excluding tert-OH is 2. The van der Waals surface area contributed by atoms with Crippen molar-refractivity contribution in [1.82, 2.24) is 9.97 Å². The molecule has 1 aliphatic rings. The lowest BCUT2D eigenvalue weighted by Gasteiger charge is -2.19. The Labute approximate surface area is 206 Å². The van der Waals surface area contributed by atoms with Crippen molar-refractivity contribution in [2.45, 2.75) is 44.3 Å². The van der Waals surface area contributed by atoms with E-state index in [0.29, 0.717) is 48.4 Å². The molecule has 4 rings (SSSR count). The molecule has 0 spiro atoms. The van der Waals surface area contributed by atoms with Crippen LogP contribution in [-0.2, 0) is 4.79 Å². The first-order valence-corrected chi connectivity index (χ1v) is 11.5. The molecule has 3 N–H and O–H groups in total. The zero-order valence-electron chi connectivity index (χ0n) is 19.3. The van der Waals surface area contributed by atoms with Crippen molar-refractivity contribution >= 4 is 23.3 Å². The summed E-state index contributed by atoms with van der Waals surface area (Å²) in [5, 5.41) is 22.5. The lowest BCUT2D eigenvalue weighted by atomic mass is 9.95. The Morgan fingerprint density at radius 3 is 2.25 bits per heavy atom. The van der Waals surface area contributed by atoms with Gasteiger partial charge in [-0.1, -0.05) is 24.3 Å². The van der Waals surface area contributed by atoms with E-state index in [9.17, 15) is 23.8 Å². The van der Waals surface area contributed by atoms with Gasteiger partial charge in [-0.3, -0.25) is 4.79 Å². The van der Waals surface area contributed by atoms with E-state index >= 15 is 0 Å². The van der Waals surface area contributed by atoms with E-state index in [0.717, 1.165) is 11.3 Å². The maximum Gasteiger partial charge on any atom is 0.387 e. The maximum atomic E-state index is 12.6. The summed E-state index contributed by atoms with van der Waals surface area (Å²) >= 11 is 0. The van der Waals surface area contributed by atoms with Gasteiger partial charge in [0, 0.05) is 29.4 Å². The lowest BCUT2D eigenvalue weighted by molar-refractivity contribution is -0.120. The molecule has 0 saturated heterocycles. The highest BCUT2D eigenvalue weighted by molar-refractivity contribution is 5.98. The van der Waals surface area contributed by atoms with Crippen molar-refractivity contribution in [2.24, 2.45) is 4.99 Å². The summed E-state index contributed by atoms with van der Waals surface area (Å²) in [5.74, 6) is -0.726. The van der Waals surface area contributed by atoms with Crippen molar-refractivity contribution in [2.75, 3.05) is 11.9 Å². The minimum absolute atomic E-state index is 0.0720. The third kappa shape index (κ3) is 6.67. The van der Waals surface area contributed by atoms with Crippen molar-refractivity contribution in [3.8, 4) is 16.9 Å². The first-order chi connectivity index (χ1) is 17.4. The van der Waals surface area contributed by atoms with Crippen LogP contribution in [0.1, 0.15) is 37.2 Å². The number of aromatic nitrogens is 2. The molecule has 36 heavy (non-hydrogen) atoms. The van der Waals surface area contributed by atoms with Crippen LogP contribution in [0.15, 0.2) is 65.9 Å². The zero-order valence-corrected chi connectivity index (χ0v) is 19.3. The highest BCUT2D eigenvalue weighted by Crippen LogP contribution is 2.25. The number of aliphatic imine (C=N–C) groups is 1. The normalized spacial score (nSPS) is 16.5. The van der Waals surface area contributed by atoms with Crippen LogP contribution in [0, 0.1) is 0 Å². The minimum Gasteiger partial charge on any atom is -0.435 e. The third-order valence-corrected chi connectivity index (χ3v) is 5.92. The molecule has 1 amide bonds. The van der Waals surface area contributed by atoms with Crippen LogP contribution in [0.2, 0.25) is 0 Å². The molecule has 1 atom stereocenters. The van der Waals surface area contributed by atoms with Gasteiger partial charge < -0.3 is 20.3 Å². The molecule has 1 heterocycles. The van der Waals surface area contributed by atoms with E-state index < -0.39 is 18.4 Å². The molecule has 0 bridgehead atoms. The monoisotopic (exact) mass is 496 g/mol. The van der Waals surface area contributed by atoms with Gasteiger partial charge in [-0.05, 0) is 61.1 Å². The van der Waals surface area contributed by atoms with Gasteiger partial charge in [0.2, 0.25) is 5.95 Å². The first kappa shape index (κ1) is 25.3. The van der Waals surface area contributed by atoms with Gasteiger partial charge in [-0.2, -0.15) is 8.78 Å². The predicted molar refractivity (Wildman–Crippen MR) is 131 cm³/mol. The van der Waals surface area contributed by atoms with Gasteiger partial charge in [-0.25, -0.2) is 15.0 Å². The van der Waals surface area contributed by atoms with Gasteiger partial charge in [0.25, 0.3) is 5.91 Å². The SMILES string of the molecule is O=C(N=C1CCC(O)CC1)[C@H](CO)c1ccc(Nc2ncc(-c3ccc(OC(F)F)cc3)cn2)cc1. The first-order valence-electron chi connectivity index (χ1n) is 11.5. The molecule has 1 fully saturated rings. The fraction of sp³-hybridized carbons (Fsp3) is 0.308. The lowest BCUT2D eigenvalue weighted by Crippen LogP contribution is -2.21. The summed E-state index contributed by atoms with van der Waals surface area (Å²) in [5.41, 5.74) is 3.55. The number of nitrogens with one attached hydrogen (secondary N) is 1. The van der Waals surface area contributed by atoms with E-state index in [1.807, 2.05) is 0 Å². The Morgan fingerprint density at radius 1 is 1.03 bits per heavy atom. The molecular weight excluding hydrogens is 470 g/mol. The van der Waals surface area contributed by atoms with E-state index in [4.69, 9.17) is 0 Å². The fourth-order valence-corrected chi connectivity index (χ4v) is 3.91. The smallest absolute Gasteiger partial charge is 0.387 e. The van der Waals surface area contributed by atoms with E-state index in [2.05, 4.69) is 25.0 Å². The number of carbonyl (C=O) groups excluding carboxylic acids is 1. The van der Waals surface area contributed by atoms with Crippen LogP contribution < -0.4 is 10.1 Å². The highest BCUT2D eigenvalue weighted by Gasteiger charge is 2.22. The molecular formula is C26H26F2N4O4. The third-order valence-electron chi connectivity index (χ3n) is 5.92. The summed E-state index contributed by atoms with van der Waals surface area (Å²) in [6.07, 6.45) is 5.25. The molecule has 188 valence electrons. The number of benzene rings is 2. The second kappa shape index (κ2) is 11.8. The Hall–Kier alpha value is -3.76. The van der Waals surface area contributed by atoms with Gasteiger partial charge in [0.15, 0.2) is 0 Å². The summed E-state index contributed by atoms with van der Waals surface area (Å²) in [7, 11) is 0. The van der Waals surface area contributed by atoms with Crippen molar-refractivity contribution in [3.05, 3.63) is 66.5 Å². The van der Waals surface area contributed by atoms with E-state index in [1.54, 1.807) is 48.8 Å². The van der Waals surface area contributed by atoms with Gasteiger partial charge in [0.1, 0.15) is 5.75 Å². The van der Waals surface area contributed by atoms with Crippen LogP contribution in [0.5, 0.6) is 5.75 Å². The molecule has 0 unspecified atom stereocenters. The van der Waals surface area contributed by atoms with Gasteiger partial charge >= 0.3 is 6.61 Å². The maximum absolute atomic E-state index is 12.6. The number of nitrogens with zero attached hydrogens (tertiary/aromatic N) is 3. The molecule has 8 nitrogen and oxygen atoms in total. The van der Waals surface area contributed by atoms with Crippen LogP contribution in [-0.4, -0.2) is 51.1 Å². The van der Waals surface area contributed by atoms with Crippen LogP contribution >= 0.6 is 0 Å². The van der Waals surface area contributed by atoms with E-state index in [1.165, 1.54) is 12.1 Å². The van der Waals surface area contributed by atoms with Crippen LogP contribution in [0.4, 0.5) is 20.4 Å². The molecule has 3 aromatic rings. The molecule has 1 aliphatic carbocycles. The fourth-order valence-electron chi connectivity index (χ4n) is 3.91. The van der Waals surface area contributed by atoms with Crippen LogP contribution in [0.3, 0.4) is 0 Å². The topological polar surface area (TPSA) is 117 Å². The Kier molecular flexibility index (Phi) is 8.29. The number of rotatable bonds is 8. The number of hydrogen-bond acceptors (Lipinski definition) is 7. The Balaban J connectivity index is 1.37. The summed E-state index contributed by atoms with van der Waals surface area (Å²) < 4.78 is 28.9. The predicted octanol–water partition coefficient (Wildman–Crippen LogP) is 4.47. The average molecular weight is 497 g/mol. The molecule has 10 heteroatoms. The average Bonchev–Trinajstić information content (AvgIpc) is 2.87. The highest BCUT2D eigenvalue weighted by atomic mass is 19.3. The second-order valence-corrected chi connectivity index (χ2v) is 8.43. The Bertz CT molecular complexity index is 1180. The van der Waals surface area contributed by atoms with Crippen molar-refractivity contribution < 1.29 is 28.5 Å². The van der Waals surface area contributed by atoms with E-state index in [-0.39, 0.29) is 18.5 Å².